The number of nitrogens with one attached hydrogen (secondary N) is 1. The SMILES string of the molecule is CC(C)CC(CNc1snc2ccccc12)CC(=O)O. The molecule has 1 heterocycles. The first kappa shape index (κ1) is 14.8. The number of carboxylic acid groups (broad SMARTS) is 1. The maximum atomic E-state index is 10.9. The summed E-state index contributed by atoms with van der Waals surface area (Å²) >= 11 is 1.43. The van der Waals surface area contributed by atoms with E-state index in [1.807, 2.05) is 24.3 Å². The normalized spacial score (nSPS) is 12.8. The molecule has 0 aliphatic rings. The van der Waals surface area contributed by atoms with Gasteiger partial charge in [0.15, 0.2) is 0 Å². The van der Waals surface area contributed by atoms with E-state index in [1.54, 1.807) is 0 Å². The second-order valence-corrected chi connectivity index (χ2v) is 6.28. The third-order valence-electron chi connectivity index (χ3n) is 3.20. The number of fused-ring (bicyclic) bond motifs is 1. The van der Waals surface area contributed by atoms with Gasteiger partial charge in [-0.3, -0.25) is 4.79 Å². The number of carbonyl (C=O) groups is 1. The van der Waals surface area contributed by atoms with E-state index in [-0.39, 0.29) is 12.3 Å². The molecule has 2 N–H and O–H groups in total. The predicted octanol–water partition coefficient (Wildman–Crippen LogP) is 3.85. The molecule has 1 aromatic heterocycles. The lowest BCUT2D eigenvalue weighted by Gasteiger charge is -2.17. The highest BCUT2D eigenvalue weighted by Gasteiger charge is 2.16. The first-order valence-electron chi connectivity index (χ1n) is 6.86. The van der Waals surface area contributed by atoms with E-state index in [2.05, 4.69) is 23.5 Å². The second kappa shape index (κ2) is 6.70. The van der Waals surface area contributed by atoms with Crippen LogP contribution in [0.5, 0.6) is 0 Å². The third-order valence-corrected chi connectivity index (χ3v) is 4.04. The highest BCUT2D eigenvalue weighted by atomic mass is 32.1. The quantitative estimate of drug-likeness (QED) is 0.813. The average Bonchev–Trinajstić information content (AvgIpc) is 2.78. The van der Waals surface area contributed by atoms with Crippen molar-refractivity contribution in [3.63, 3.8) is 0 Å². The molecule has 0 fully saturated rings. The zero-order valence-electron chi connectivity index (χ0n) is 11.8. The lowest BCUT2D eigenvalue weighted by molar-refractivity contribution is -0.138. The fraction of sp³-hybridized carbons (Fsp3) is 0.467. The van der Waals surface area contributed by atoms with Gasteiger partial charge in [0.25, 0.3) is 0 Å². The van der Waals surface area contributed by atoms with Gasteiger partial charge < -0.3 is 10.4 Å². The van der Waals surface area contributed by atoms with E-state index < -0.39 is 5.97 Å². The summed E-state index contributed by atoms with van der Waals surface area (Å²) in [5, 5.41) is 14.5. The van der Waals surface area contributed by atoms with E-state index >= 15 is 0 Å². The first-order valence-corrected chi connectivity index (χ1v) is 7.63. The molecule has 0 aliphatic carbocycles. The molecule has 2 aromatic rings. The summed E-state index contributed by atoms with van der Waals surface area (Å²) in [6.07, 6.45) is 1.12. The third kappa shape index (κ3) is 3.93. The van der Waals surface area contributed by atoms with E-state index in [1.165, 1.54) is 11.5 Å². The number of anilines is 1. The number of aromatic nitrogens is 1. The zero-order chi connectivity index (χ0) is 14.5. The van der Waals surface area contributed by atoms with Crippen LogP contribution in [0.25, 0.3) is 10.9 Å². The molecule has 108 valence electrons. The van der Waals surface area contributed by atoms with Crippen molar-refractivity contribution in [2.75, 3.05) is 11.9 Å². The fourth-order valence-electron chi connectivity index (χ4n) is 2.41. The van der Waals surface area contributed by atoms with Crippen LogP contribution in [0.4, 0.5) is 5.00 Å². The molecule has 0 saturated heterocycles. The zero-order valence-corrected chi connectivity index (χ0v) is 12.6. The summed E-state index contributed by atoms with van der Waals surface area (Å²) in [5.74, 6) is -0.0840. The van der Waals surface area contributed by atoms with Crippen molar-refractivity contribution >= 4 is 33.4 Å². The van der Waals surface area contributed by atoms with Gasteiger partial charge >= 0.3 is 5.97 Å². The molecule has 2 rings (SSSR count). The maximum Gasteiger partial charge on any atom is 0.303 e. The number of benzene rings is 1. The molecule has 0 amide bonds. The molecule has 0 radical (unpaired) electrons. The van der Waals surface area contributed by atoms with Crippen LogP contribution in [-0.2, 0) is 4.79 Å². The minimum absolute atomic E-state index is 0.147. The lowest BCUT2D eigenvalue weighted by atomic mass is 9.94. The Morgan fingerprint density at radius 2 is 2.15 bits per heavy atom. The highest BCUT2D eigenvalue weighted by molar-refractivity contribution is 7.11. The summed E-state index contributed by atoms with van der Waals surface area (Å²) in [6, 6.07) is 7.98. The number of hydrogen-bond donors (Lipinski definition) is 2. The standard InChI is InChI=1S/C15H20N2O2S/c1-10(2)7-11(8-14(18)19)9-16-15-12-5-3-4-6-13(12)17-20-15/h3-6,10-11,16H,7-9H2,1-2H3,(H,18,19). The molecular weight excluding hydrogens is 272 g/mol. The summed E-state index contributed by atoms with van der Waals surface area (Å²) in [6.45, 7) is 4.92. The highest BCUT2D eigenvalue weighted by Crippen LogP contribution is 2.28. The second-order valence-electron chi connectivity index (χ2n) is 5.50. The minimum atomic E-state index is -0.730. The smallest absolute Gasteiger partial charge is 0.303 e. The van der Waals surface area contributed by atoms with Gasteiger partial charge in [0.2, 0.25) is 0 Å². The van der Waals surface area contributed by atoms with Crippen LogP contribution in [0.3, 0.4) is 0 Å². The molecular formula is C15H20N2O2S. The van der Waals surface area contributed by atoms with Crippen LogP contribution in [-0.4, -0.2) is 22.0 Å². The van der Waals surface area contributed by atoms with Crippen LogP contribution in [0, 0.1) is 11.8 Å². The van der Waals surface area contributed by atoms with E-state index in [4.69, 9.17) is 5.11 Å². The van der Waals surface area contributed by atoms with E-state index in [9.17, 15) is 4.79 Å². The molecule has 0 spiro atoms. The van der Waals surface area contributed by atoms with Crippen LogP contribution in [0.2, 0.25) is 0 Å². The summed E-state index contributed by atoms with van der Waals surface area (Å²) < 4.78 is 4.38. The van der Waals surface area contributed by atoms with Gasteiger partial charge in [-0.1, -0.05) is 26.0 Å². The Labute approximate surface area is 123 Å². The van der Waals surface area contributed by atoms with Crippen LogP contribution in [0.15, 0.2) is 24.3 Å². The maximum absolute atomic E-state index is 10.9. The Morgan fingerprint density at radius 3 is 2.85 bits per heavy atom. The molecule has 0 bridgehead atoms. The lowest BCUT2D eigenvalue weighted by Crippen LogP contribution is -2.19. The molecule has 5 heteroatoms. The number of hydrogen-bond acceptors (Lipinski definition) is 4. The Hall–Kier alpha value is -1.62. The Kier molecular flexibility index (Phi) is 4.95. The summed E-state index contributed by atoms with van der Waals surface area (Å²) in [5.41, 5.74) is 0.985. The predicted molar refractivity (Wildman–Crippen MR) is 83.3 cm³/mol. The van der Waals surface area contributed by atoms with Gasteiger partial charge in [-0.15, -0.1) is 0 Å². The average molecular weight is 292 g/mol. The van der Waals surface area contributed by atoms with Gasteiger partial charge in [0.1, 0.15) is 5.00 Å². The van der Waals surface area contributed by atoms with Crippen LogP contribution < -0.4 is 5.32 Å². The number of carboxylic acids is 1. The molecule has 1 aromatic carbocycles. The summed E-state index contributed by atoms with van der Waals surface area (Å²) in [7, 11) is 0. The number of nitrogens with zero attached hydrogens (tertiary/aromatic N) is 1. The fourth-order valence-corrected chi connectivity index (χ4v) is 3.17. The van der Waals surface area contributed by atoms with Gasteiger partial charge in [0.05, 0.1) is 5.52 Å². The molecule has 1 atom stereocenters. The molecule has 1 unspecified atom stereocenters. The Balaban J connectivity index is 2.02. The molecule has 4 nitrogen and oxygen atoms in total. The van der Waals surface area contributed by atoms with E-state index in [0.717, 1.165) is 22.3 Å². The van der Waals surface area contributed by atoms with Gasteiger partial charge in [-0.25, -0.2) is 0 Å². The molecule has 20 heavy (non-hydrogen) atoms. The van der Waals surface area contributed by atoms with Crippen molar-refractivity contribution in [2.45, 2.75) is 26.7 Å². The van der Waals surface area contributed by atoms with Crippen molar-refractivity contribution in [3.8, 4) is 0 Å². The Morgan fingerprint density at radius 1 is 1.40 bits per heavy atom. The van der Waals surface area contributed by atoms with E-state index in [0.29, 0.717) is 12.5 Å². The summed E-state index contributed by atoms with van der Waals surface area (Å²) in [4.78, 5) is 10.9. The van der Waals surface area contributed by atoms with Crippen molar-refractivity contribution < 1.29 is 9.90 Å². The molecule has 0 aliphatic heterocycles. The van der Waals surface area contributed by atoms with Crippen molar-refractivity contribution in [1.29, 1.82) is 0 Å². The Bertz CT molecular complexity index is 580. The van der Waals surface area contributed by atoms with Crippen molar-refractivity contribution in [2.24, 2.45) is 11.8 Å². The van der Waals surface area contributed by atoms with Gasteiger partial charge in [-0.05, 0) is 41.9 Å². The molecule has 0 saturated carbocycles. The number of rotatable bonds is 7. The van der Waals surface area contributed by atoms with Gasteiger partial charge in [-0.2, -0.15) is 4.37 Å². The largest absolute Gasteiger partial charge is 0.481 e. The monoisotopic (exact) mass is 292 g/mol. The van der Waals surface area contributed by atoms with Crippen LogP contribution in [0.1, 0.15) is 26.7 Å². The first-order chi connectivity index (χ1) is 9.56. The van der Waals surface area contributed by atoms with Gasteiger partial charge in [0, 0.05) is 18.4 Å². The minimum Gasteiger partial charge on any atom is -0.481 e. The van der Waals surface area contributed by atoms with Crippen molar-refractivity contribution in [1.82, 2.24) is 4.37 Å². The van der Waals surface area contributed by atoms with Crippen molar-refractivity contribution in [3.05, 3.63) is 24.3 Å². The topological polar surface area (TPSA) is 62.2 Å². The van der Waals surface area contributed by atoms with Crippen LogP contribution >= 0.6 is 11.5 Å². The number of aliphatic carboxylic acids is 1.